The number of esters is 1. The lowest BCUT2D eigenvalue weighted by molar-refractivity contribution is -0.151. The van der Waals surface area contributed by atoms with Crippen LogP contribution in [-0.4, -0.2) is 46.9 Å². The Morgan fingerprint density at radius 1 is 0.426 bits per heavy atom. The normalized spacial score (nSPS) is 13.3. The molecule has 0 aliphatic rings. The summed E-state index contributed by atoms with van der Waals surface area (Å²) in [7, 11) is 0. The minimum Gasteiger partial charge on any atom is -0.462 e. The Morgan fingerprint density at radius 2 is 0.750 bits per heavy atom. The molecule has 0 saturated carbocycles. The Hall–Kier alpha value is -1.92. The molecule has 1 amide bonds. The van der Waals surface area contributed by atoms with Gasteiger partial charge in [0.15, 0.2) is 0 Å². The molecule has 3 N–H and O–H groups in total. The lowest BCUT2D eigenvalue weighted by Crippen LogP contribution is -2.46. The molecule has 0 aromatic heterocycles. The SMILES string of the molecule is CCCCCCCCC/C=C/C=C/CCCCCCCC(=O)OC(CCCCC/C=C/CCCCCCCCCCC)CC(=O)NC(CO)C(O)CCCCCCCCCCCCCCCCC. The average Bonchev–Trinajstić information content (AvgIpc) is 3.33. The fraction of sp³-hybridized carbons (Fsp3) is 0.871. The summed E-state index contributed by atoms with van der Waals surface area (Å²) in [6.45, 7) is 6.51. The smallest absolute Gasteiger partial charge is 0.306 e. The molecule has 0 radical (unpaired) electrons. The van der Waals surface area contributed by atoms with Crippen molar-refractivity contribution < 1.29 is 24.5 Å². The van der Waals surface area contributed by atoms with Gasteiger partial charge in [0, 0.05) is 6.42 Å². The molecule has 0 spiro atoms. The molecule has 6 nitrogen and oxygen atoms in total. The van der Waals surface area contributed by atoms with E-state index in [0.717, 1.165) is 77.0 Å². The highest BCUT2D eigenvalue weighted by molar-refractivity contribution is 5.77. The van der Waals surface area contributed by atoms with Gasteiger partial charge in [-0.2, -0.15) is 0 Å². The zero-order valence-corrected chi connectivity index (χ0v) is 45.8. The molecule has 0 aliphatic heterocycles. The van der Waals surface area contributed by atoms with Crippen molar-refractivity contribution in [1.29, 1.82) is 0 Å². The average molecular weight is 957 g/mol. The topological polar surface area (TPSA) is 95.9 Å². The van der Waals surface area contributed by atoms with Gasteiger partial charge in [0.2, 0.25) is 5.91 Å². The van der Waals surface area contributed by atoms with Gasteiger partial charge in [-0.3, -0.25) is 9.59 Å². The van der Waals surface area contributed by atoms with Gasteiger partial charge in [0.1, 0.15) is 6.10 Å². The van der Waals surface area contributed by atoms with Gasteiger partial charge in [-0.25, -0.2) is 0 Å². The molecular formula is C62H117NO5. The first-order valence-corrected chi connectivity index (χ1v) is 30.2. The van der Waals surface area contributed by atoms with Gasteiger partial charge in [0.05, 0.1) is 25.2 Å². The lowest BCUT2D eigenvalue weighted by atomic mass is 10.0. The van der Waals surface area contributed by atoms with E-state index in [0.29, 0.717) is 19.3 Å². The number of hydrogen-bond donors (Lipinski definition) is 3. The summed E-state index contributed by atoms with van der Waals surface area (Å²) < 4.78 is 5.96. The van der Waals surface area contributed by atoms with Crippen molar-refractivity contribution in [3.05, 3.63) is 36.5 Å². The van der Waals surface area contributed by atoms with Gasteiger partial charge in [-0.15, -0.1) is 0 Å². The molecule has 0 aliphatic carbocycles. The molecule has 0 saturated heterocycles. The van der Waals surface area contributed by atoms with Crippen LogP contribution in [0.3, 0.4) is 0 Å². The third-order valence-electron chi connectivity index (χ3n) is 14.0. The molecule has 400 valence electrons. The van der Waals surface area contributed by atoms with Crippen LogP contribution < -0.4 is 5.32 Å². The standard InChI is InChI=1S/C62H117NO5/c1-4-7-10-13-16-19-22-25-28-30-31-34-37-40-43-46-49-52-55-62(67)68-58(53-50-47-44-41-38-35-33-29-26-23-20-17-14-11-8-5-2)56-61(66)63-59(57-64)60(65)54-51-48-45-42-39-36-32-27-24-21-18-15-12-9-6-3/h28,30-31,34-35,38,58-60,64-65H,4-27,29,32-33,36-37,39-57H2,1-3H3,(H,63,66)/b30-28+,34-31+,38-35+. The fourth-order valence-electron chi connectivity index (χ4n) is 9.36. The summed E-state index contributed by atoms with van der Waals surface area (Å²) in [5.74, 6) is -0.491. The number of nitrogens with one attached hydrogen (secondary N) is 1. The van der Waals surface area contributed by atoms with E-state index in [1.54, 1.807) is 0 Å². The Labute approximate surface area is 424 Å². The highest BCUT2D eigenvalue weighted by atomic mass is 16.5. The third-order valence-corrected chi connectivity index (χ3v) is 14.0. The van der Waals surface area contributed by atoms with Gasteiger partial charge < -0.3 is 20.3 Å². The van der Waals surface area contributed by atoms with E-state index >= 15 is 0 Å². The van der Waals surface area contributed by atoms with Crippen molar-refractivity contribution in [3.8, 4) is 0 Å². The summed E-state index contributed by atoms with van der Waals surface area (Å²) in [5, 5.41) is 23.9. The van der Waals surface area contributed by atoms with Crippen LogP contribution in [0.2, 0.25) is 0 Å². The van der Waals surface area contributed by atoms with E-state index < -0.39 is 18.2 Å². The van der Waals surface area contributed by atoms with Crippen LogP contribution in [0.4, 0.5) is 0 Å². The monoisotopic (exact) mass is 956 g/mol. The summed E-state index contributed by atoms with van der Waals surface area (Å²) in [6, 6.07) is -0.709. The molecule has 3 unspecified atom stereocenters. The molecule has 6 heteroatoms. The second-order valence-corrected chi connectivity index (χ2v) is 20.8. The van der Waals surface area contributed by atoms with Crippen LogP contribution in [-0.2, 0) is 14.3 Å². The van der Waals surface area contributed by atoms with E-state index in [-0.39, 0.29) is 24.9 Å². The quantitative estimate of drug-likeness (QED) is 0.0244. The van der Waals surface area contributed by atoms with Gasteiger partial charge >= 0.3 is 5.97 Å². The molecule has 3 atom stereocenters. The van der Waals surface area contributed by atoms with Gasteiger partial charge in [-0.1, -0.05) is 269 Å². The van der Waals surface area contributed by atoms with Crippen LogP contribution in [0.25, 0.3) is 0 Å². The number of amides is 1. The van der Waals surface area contributed by atoms with Crippen LogP contribution in [0.5, 0.6) is 0 Å². The Morgan fingerprint density at radius 3 is 1.15 bits per heavy atom. The summed E-state index contributed by atoms with van der Waals surface area (Å²) in [4.78, 5) is 26.3. The van der Waals surface area contributed by atoms with Crippen LogP contribution in [0, 0.1) is 0 Å². The van der Waals surface area contributed by atoms with Crippen molar-refractivity contribution >= 4 is 11.9 Å². The first-order chi connectivity index (χ1) is 33.5. The van der Waals surface area contributed by atoms with Crippen molar-refractivity contribution in [2.45, 2.75) is 341 Å². The van der Waals surface area contributed by atoms with Gasteiger partial charge in [0.25, 0.3) is 0 Å². The minimum atomic E-state index is -0.794. The first kappa shape index (κ1) is 66.1. The van der Waals surface area contributed by atoms with Crippen LogP contribution in [0.1, 0.15) is 323 Å². The minimum absolute atomic E-state index is 0.0639. The number of allylic oxidation sites excluding steroid dienone is 6. The Bertz CT molecular complexity index is 1120. The zero-order valence-electron chi connectivity index (χ0n) is 45.8. The number of unbranched alkanes of at least 4 members (excludes halogenated alkanes) is 38. The largest absolute Gasteiger partial charge is 0.462 e. The van der Waals surface area contributed by atoms with Gasteiger partial charge in [-0.05, 0) is 77.0 Å². The van der Waals surface area contributed by atoms with Crippen LogP contribution >= 0.6 is 0 Å². The fourth-order valence-corrected chi connectivity index (χ4v) is 9.36. The van der Waals surface area contributed by atoms with Crippen molar-refractivity contribution in [1.82, 2.24) is 5.32 Å². The number of ether oxygens (including phenoxy) is 1. The molecule has 68 heavy (non-hydrogen) atoms. The molecule has 0 rings (SSSR count). The maximum atomic E-state index is 13.3. The number of hydrogen-bond acceptors (Lipinski definition) is 5. The van der Waals surface area contributed by atoms with E-state index in [1.807, 2.05) is 0 Å². The highest BCUT2D eigenvalue weighted by Gasteiger charge is 2.24. The number of aliphatic hydroxyl groups excluding tert-OH is 2. The summed E-state index contributed by atoms with van der Waals surface area (Å²) >= 11 is 0. The van der Waals surface area contributed by atoms with E-state index in [9.17, 15) is 19.8 Å². The zero-order chi connectivity index (χ0) is 49.5. The number of carbonyl (C=O) groups excluding carboxylic acids is 2. The highest BCUT2D eigenvalue weighted by Crippen LogP contribution is 2.18. The maximum Gasteiger partial charge on any atom is 0.306 e. The number of aliphatic hydroxyl groups is 2. The third kappa shape index (κ3) is 50.5. The Kier molecular flexibility index (Phi) is 54.4. The second-order valence-electron chi connectivity index (χ2n) is 20.8. The first-order valence-electron chi connectivity index (χ1n) is 30.2. The molecule has 0 bridgehead atoms. The van der Waals surface area contributed by atoms with Crippen molar-refractivity contribution in [3.63, 3.8) is 0 Å². The van der Waals surface area contributed by atoms with Crippen molar-refractivity contribution in [2.75, 3.05) is 6.61 Å². The Balaban J connectivity index is 4.58. The summed E-state index contributed by atoms with van der Waals surface area (Å²) in [6.07, 6.45) is 67.8. The second kappa shape index (κ2) is 56.0. The lowest BCUT2D eigenvalue weighted by Gasteiger charge is -2.24. The molecule has 0 aromatic rings. The predicted molar refractivity (Wildman–Crippen MR) is 296 cm³/mol. The van der Waals surface area contributed by atoms with E-state index in [1.165, 1.54) is 199 Å². The maximum absolute atomic E-state index is 13.3. The van der Waals surface area contributed by atoms with E-state index in [2.05, 4.69) is 62.5 Å². The van der Waals surface area contributed by atoms with Crippen molar-refractivity contribution in [2.24, 2.45) is 0 Å². The number of carbonyl (C=O) groups is 2. The molecular weight excluding hydrogens is 839 g/mol. The molecule has 0 fully saturated rings. The van der Waals surface area contributed by atoms with E-state index in [4.69, 9.17) is 4.74 Å². The number of rotatable bonds is 55. The summed E-state index contributed by atoms with van der Waals surface area (Å²) in [5.41, 5.74) is 0. The molecule has 0 aromatic carbocycles. The predicted octanol–water partition coefficient (Wildman–Crippen LogP) is 18.8. The van der Waals surface area contributed by atoms with Crippen LogP contribution in [0.15, 0.2) is 36.5 Å². The molecule has 0 heterocycles.